The van der Waals surface area contributed by atoms with Crippen molar-refractivity contribution in [1.29, 1.82) is 0 Å². The number of hydrogen-bond donors (Lipinski definition) is 1. The minimum Gasteiger partial charge on any atom is -0.493 e. The lowest BCUT2D eigenvalue weighted by Crippen LogP contribution is -2.26. The van der Waals surface area contributed by atoms with E-state index in [2.05, 4.69) is 0 Å². The fraction of sp³-hybridized carbons (Fsp3) is 0.579. The molecule has 0 aliphatic carbocycles. The summed E-state index contributed by atoms with van der Waals surface area (Å²) in [6.45, 7) is 7.90. The predicted molar refractivity (Wildman–Crippen MR) is 91.7 cm³/mol. The molecule has 0 saturated carbocycles. The van der Waals surface area contributed by atoms with Crippen LogP contribution in [0.5, 0.6) is 5.75 Å². The van der Waals surface area contributed by atoms with E-state index in [9.17, 15) is 14.7 Å². The van der Waals surface area contributed by atoms with E-state index in [0.717, 1.165) is 12.0 Å². The summed E-state index contributed by atoms with van der Waals surface area (Å²) < 4.78 is 16.9. The molecule has 6 heteroatoms. The highest BCUT2D eigenvalue weighted by Gasteiger charge is 2.32. The average molecular weight is 350 g/mol. The summed E-state index contributed by atoms with van der Waals surface area (Å²) in [4.78, 5) is 22.8. The van der Waals surface area contributed by atoms with Gasteiger partial charge < -0.3 is 19.3 Å². The molecule has 2 rings (SSSR count). The van der Waals surface area contributed by atoms with Crippen LogP contribution in [0.15, 0.2) is 24.3 Å². The molecule has 6 nitrogen and oxygen atoms in total. The highest BCUT2D eigenvalue weighted by Crippen LogP contribution is 2.28. The summed E-state index contributed by atoms with van der Waals surface area (Å²) in [6, 6.07) is 7.19. The molecule has 1 saturated heterocycles. The number of aliphatic carboxylic acids is 1. The molecule has 1 aromatic rings. The Balaban J connectivity index is 1.87. The number of benzene rings is 1. The van der Waals surface area contributed by atoms with Gasteiger partial charge in [-0.2, -0.15) is 0 Å². The van der Waals surface area contributed by atoms with Crippen LogP contribution in [0, 0.1) is 5.92 Å². The van der Waals surface area contributed by atoms with Crippen molar-refractivity contribution in [3.63, 3.8) is 0 Å². The monoisotopic (exact) mass is 350 g/mol. The van der Waals surface area contributed by atoms with Gasteiger partial charge in [-0.25, -0.2) is 0 Å². The summed E-state index contributed by atoms with van der Waals surface area (Å²) in [5, 5.41) is 9.22. The van der Waals surface area contributed by atoms with Crippen molar-refractivity contribution in [2.24, 2.45) is 5.92 Å². The lowest BCUT2D eigenvalue weighted by molar-refractivity contribution is -0.146. The Bertz CT molecular complexity index is 593. The van der Waals surface area contributed by atoms with Crippen LogP contribution in [0.3, 0.4) is 0 Å². The molecule has 1 aromatic carbocycles. The minimum absolute atomic E-state index is 0.0289. The van der Waals surface area contributed by atoms with Gasteiger partial charge in [0.25, 0.3) is 0 Å². The zero-order valence-electron chi connectivity index (χ0n) is 15.2. The second-order valence-corrected chi connectivity index (χ2v) is 6.87. The molecular formula is C19H26O6. The van der Waals surface area contributed by atoms with Crippen molar-refractivity contribution >= 4 is 11.8 Å². The van der Waals surface area contributed by atoms with Gasteiger partial charge in [0.1, 0.15) is 17.5 Å². The molecule has 1 N–H and O–H groups in total. The van der Waals surface area contributed by atoms with E-state index in [1.54, 1.807) is 31.2 Å². The molecule has 138 valence electrons. The maximum atomic E-state index is 11.6. The normalized spacial score (nSPS) is 21.5. The van der Waals surface area contributed by atoms with Crippen LogP contribution < -0.4 is 4.74 Å². The van der Waals surface area contributed by atoms with E-state index in [1.165, 1.54) is 6.92 Å². The van der Waals surface area contributed by atoms with Crippen molar-refractivity contribution in [3.8, 4) is 5.75 Å². The van der Waals surface area contributed by atoms with Crippen LogP contribution in [-0.4, -0.2) is 42.0 Å². The second kappa shape index (κ2) is 7.97. The summed E-state index contributed by atoms with van der Waals surface area (Å²) >= 11 is 0. The highest BCUT2D eigenvalue weighted by atomic mass is 16.7. The number of hydrogen-bond acceptors (Lipinski definition) is 5. The van der Waals surface area contributed by atoms with Crippen molar-refractivity contribution in [2.75, 3.05) is 13.2 Å². The molecule has 0 bridgehead atoms. The van der Waals surface area contributed by atoms with Gasteiger partial charge >= 0.3 is 5.97 Å². The number of ketones is 1. The van der Waals surface area contributed by atoms with Crippen LogP contribution >= 0.6 is 0 Å². The van der Waals surface area contributed by atoms with E-state index >= 15 is 0 Å². The van der Waals surface area contributed by atoms with Crippen LogP contribution in [0.2, 0.25) is 0 Å². The number of carbonyl (C=O) groups is 2. The van der Waals surface area contributed by atoms with Crippen molar-refractivity contribution in [2.45, 2.75) is 51.9 Å². The first-order valence-electron chi connectivity index (χ1n) is 8.47. The van der Waals surface area contributed by atoms with Crippen molar-refractivity contribution in [3.05, 3.63) is 29.8 Å². The molecule has 3 atom stereocenters. The third kappa shape index (κ3) is 5.28. The third-order valence-electron chi connectivity index (χ3n) is 4.39. The van der Waals surface area contributed by atoms with Gasteiger partial charge in [-0.15, -0.1) is 0 Å². The number of rotatable bonds is 8. The second-order valence-electron chi connectivity index (χ2n) is 6.87. The Morgan fingerprint density at radius 3 is 2.44 bits per heavy atom. The number of ether oxygens (including phenoxy) is 3. The zero-order chi connectivity index (χ0) is 18.6. The molecule has 0 amide bonds. The van der Waals surface area contributed by atoms with Gasteiger partial charge in [-0.3, -0.25) is 9.59 Å². The number of carboxylic acids is 1. The van der Waals surface area contributed by atoms with E-state index in [0.29, 0.717) is 19.0 Å². The Labute approximate surface area is 148 Å². The van der Waals surface area contributed by atoms with Crippen LogP contribution in [-0.2, 0) is 19.1 Å². The fourth-order valence-corrected chi connectivity index (χ4v) is 3.01. The molecule has 25 heavy (non-hydrogen) atoms. The Hall–Kier alpha value is -1.92. The summed E-state index contributed by atoms with van der Waals surface area (Å²) in [5.74, 6) is -2.70. The van der Waals surface area contributed by atoms with Gasteiger partial charge in [0.2, 0.25) is 0 Å². The Morgan fingerprint density at radius 1 is 1.32 bits per heavy atom. The smallest absolute Gasteiger partial charge is 0.314 e. The molecular weight excluding hydrogens is 324 g/mol. The van der Waals surface area contributed by atoms with Gasteiger partial charge in [0.15, 0.2) is 5.79 Å². The largest absolute Gasteiger partial charge is 0.493 e. The molecule has 0 aromatic heterocycles. The first-order valence-corrected chi connectivity index (χ1v) is 8.47. The van der Waals surface area contributed by atoms with Gasteiger partial charge in [-0.05, 0) is 38.5 Å². The summed E-state index contributed by atoms with van der Waals surface area (Å²) in [6.07, 6.45) is 0.758. The molecule has 0 radical (unpaired) electrons. The standard InChI is InChI=1S/C19H26O6/c1-12(17(13(2)20)18(21)22)14-5-7-15(8-6-14)23-10-9-16-11-24-19(3,4)25-16/h5-8,12,16-17H,9-11H2,1-4H3,(H,21,22). The van der Waals surface area contributed by atoms with E-state index in [-0.39, 0.29) is 11.9 Å². The minimum atomic E-state index is -1.10. The maximum Gasteiger partial charge on any atom is 0.314 e. The third-order valence-corrected chi connectivity index (χ3v) is 4.39. The topological polar surface area (TPSA) is 82.1 Å². The number of carboxylic acid groups (broad SMARTS) is 1. The molecule has 1 heterocycles. The lowest BCUT2D eigenvalue weighted by Gasteiger charge is -2.18. The summed E-state index contributed by atoms with van der Waals surface area (Å²) in [5.41, 5.74) is 0.796. The fourth-order valence-electron chi connectivity index (χ4n) is 3.01. The van der Waals surface area contributed by atoms with Crippen LogP contribution in [0.4, 0.5) is 0 Å². The number of carbonyl (C=O) groups excluding carboxylic acids is 1. The van der Waals surface area contributed by atoms with E-state index in [1.807, 2.05) is 13.8 Å². The Kier molecular flexibility index (Phi) is 6.19. The molecule has 1 aliphatic rings. The molecule has 0 spiro atoms. The molecule has 1 fully saturated rings. The van der Waals surface area contributed by atoms with Crippen LogP contribution in [0.1, 0.15) is 45.6 Å². The van der Waals surface area contributed by atoms with Gasteiger partial charge in [-0.1, -0.05) is 19.1 Å². The molecule has 3 unspecified atom stereocenters. The summed E-state index contributed by atoms with van der Waals surface area (Å²) in [7, 11) is 0. The molecule has 1 aliphatic heterocycles. The van der Waals surface area contributed by atoms with E-state index in [4.69, 9.17) is 14.2 Å². The Morgan fingerprint density at radius 2 is 1.96 bits per heavy atom. The highest BCUT2D eigenvalue weighted by molar-refractivity contribution is 5.97. The first-order chi connectivity index (χ1) is 11.7. The van der Waals surface area contributed by atoms with Gasteiger partial charge in [0.05, 0.1) is 19.3 Å². The zero-order valence-corrected chi connectivity index (χ0v) is 15.2. The van der Waals surface area contributed by atoms with Crippen molar-refractivity contribution < 1.29 is 28.9 Å². The van der Waals surface area contributed by atoms with Crippen LogP contribution in [0.25, 0.3) is 0 Å². The van der Waals surface area contributed by atoms with E-state index < -0.39 is 23.6 Å². The SMILES string of the molecule is CC(=O)C(C(=O)O)C(C)c1ccc(OCCC2COC(C)(C)O2)cc1. The first kappa shape index (κ1) is 19.4. The predicted octanol–water partition coefficient (Wildman–Crippen LogP) is 3.00. The van der Waals surface area contributed by atoms with Gasteiger partial charge in [0, 0.05) is 12.3 Å². The number of Topliss-reactive ketones (excluding diaryl/α,β-unsaturated/α-hetero) is 1. The maximum absolute atomic E-state index is 11.6. The lowest BCUT2D eigenvalue weighted by atomic mass is 9.85. The quantitative estimate of drug-likeness (QED) is 0.726. The van der Waals surface area contributed by atoms with Crippen molar-refractivity contribution in [1.82, 2.24) is 0 Å². The average Bonchev–Trinajstić information content (AvgIpc) is 2.86.